The Morgan fingerprint density at radius 3 is 2.69 bits per heavy atom. The molecule has 8 nitrogen and oxygen atoms in total. The van der Waals surface area contributed by atoms with Gasteiger partial charge < -0.3 is 9.64 Å². The Morgan fingerprint density at radius 1 is 1.14 bits per heavy atom. The summed E-state index contributed by atoms with van der Waals surface area (Å²) in [4.78, 5) is 26.1. The number of esters is 1. The van der Waals surface area contributed by atoms with Gasteiger partial charge in [-0.05, 0) is 46.1 Å². The molecule has 1 atom stereocenters. The first kappa shape index (κ1) is 20.1. The van der Waals surface area contributed by atoms with Gasteiger partial charge >= 0.3 is 5.97 Å². The van der Waals surface area contributed by atoms with E-state index in [0.717, 1.165) is 49.8 Å². The van der Waals surface area contributed by atoms with Gasteiger partial charge in [0.05, 0.1) is 19.1 Å². The summed E-state index contributed by atoms with van der Waals surface area (Å²) in [5.74, 6) is 2.40. The molecule has 29 heavy (non-hydrogen) atoms. The van der Waals surface area contributed by atoms with Crippen molar-refractivity contribution in [2.45, 2.75) is 58.9 Å². The van der Waals surface area contributed by atoms with Crippen LogP contribution in [0, 0.1) is 12.8 Å². The minimum atomic E-state index is -0.0825. The Balaban J connectivity index is 1.53. The van der Waals surface area contributed by atoms with Gasteiger partial charge in [0.2, 0.25) is 0 Å². The summed E-state index contributed by atoms with van der Waals surface area (Å²) >= 11 is 0. The number of hydrogen-bond donors (Lipinski definition) is 0. The van der Waals surface area contributed by atoms with Crippen LogP contribution in [0.25, 0.3) is 5.78 Å². The van der Waals surface area contributed by atoms with Gasteiger partial charge in [-0.3, -0.25) is 9.69 Å². The molecular formula is C21H32N6O2. The first-order chi connectivity index (χ1) is 14.1. The van der Waals surface area contributed by atoms with Crippen LogP contribution in [-0.4, -0.2) is 63.2 Å². The lowest BCUT2D eigenvalue weighted by molar-refractivity contribution is -0.150. The van der Waals surface area contributed by atoms with Gasteiger partial charge in [0.15, 0.2) is 5.82 Å². The topological polar surface area (TPSA) is 75.9 Å². The van der Waals surface area contributed by atoms with E-state index in [1.165, 1.54) is 25.7 Å². The average Bonchev–Trinajstić information content (AvgIpc) is 2.92. The first-order valence-corrected chi connectivity index (χ1v) is 11.0. The highest BCUT2D eigenvalue weighted by Crippen LogP contribution is 2.22. The maximum absolute atomic E-state index is 12.1. The van der Waals surface area contributed by atoms with E-state index in [1.807, 2.05) is 18.4 Å². The number of nitrogens with zero attached hydrogens (tertiary/aromatic N) is 6. The molecule has 8 heteroatoms. The fraction of sp³-hybridized carbons (Fsp3) is 0.714. The van der Waals surface area contributed by atoms with E-state index in [9.17, 15) is 4.79 Å². The summed E-state index contributed by atoms with van der Waals surface area (Å²) in [6.45, 7) is 8.73. The number of carbonyl (C=O) groups excluding carboxylic acids is 1. The van der Waals surface area contributed by atoms with Gasteiger partial charge in [0.25, 0.3) is 5.78 Å². The second kappa shape index (κ2) is 9.07. The number of fused-ring (bicyclic) bond motifs is 1. The normalized spacial score (nSPS) is 21.3. The zero-order chi connectivity index (χ0) is 20.2. The van der Waals surface area contributed by atoms with Crippen molar-refractivity contribution in [3.8, 4) is 0 Å². The molecule has 4 heterocycles. The van der Waals surface area contributed by atoms with Crippen LogP contribution in [0.1, 0.15) is 57.0 Å². The van der Waals surface area contributed by atoms with Gasteiger partial charge in [-0.2, -0.15) is 9.50 Å². The highest BCUT2D eigenvalue weighted by atomic mass is 16.5. The van der Waals surface area contributed by atoms with Gasteiger partial charge in [-0.1, -0.05) is 12.8 Å². The molecule has 0 amide bonds. The Hall–Kier alpha value is -2.22. The lowest BCUT2D eigenvalue weighted by atomic mass is 9.98. The van der Waals surface area contributed by atoms with Crippen LogP contribution in [0.4, 0.5) is 5.82 Å². The number of aromatic nitrogens is 4. The average molecular weight is 401 g/mol. The first-order valence-electron chi connectivity index (χ1n) is 11.0. The van der Waals surface area contributed by atoms with Crippen molar-refractivity contribution in [3.63, 3.8) is 0 Å². The molecule has 0 N–H and O–H groups in total. The number of hydrogen-bond acceptors (Lipinski definition) is 7. The second-order valence-electron chi connectivity index (χ2n) is 8.22. The summed E-state index contributed by atoms with van der Waals surface area (Å²) in [5.41, 5.74) is 0.969. The fourth-order valence-corrected chi connectivity index (χ4v) is 4.45. The lowest BCUT2D eigenvalue weighted by Gasteiger charge is -2.30. The Labute approximate surface area is 172 Å². The molecule has 1 unspecified atom stereocenters. The lowest BCUT2D eigenvalue weighted by Crippen LogP contribution is -2.39. The van der Waals surface area contributed by atoms with Crippen molar-refractivity contribution in [1.82, 2.24) is 24.5 Å². The monoisotopic (exact) mass is 400 g/mol. The van der Waals surface area contributed by atoms with Crippen LogP contribution in [0.3, 0.4) is 0 Å². The molecule has 2 aromatic rings. The summed E-state index contributed by atoms with van der Waals surface area (Å²) in [5, 5.41) is 4.80. The SMILES string of the molecule is CCOC(=O)C1CCCN(Cc2nc3nc(C)cc(N4CCCCCC4)n3n2)C1. The van der Waals surface area contributed by atoms with Crippen LogP contribution in [-0.2, 0) is 16.1 Å². The predicted octanol–water partition coefficient (Wildman–Crippen LogP) is 2.59. The molecule has 2 aliphatic rings. The number of carbonyl (C=O) groups is 1. The summed E-state index contributed by atoms with van der Waals surface area (Å²) in [6, 6.07) is 2.12. The van der Waals surface area contributed by atoms with Crippen molar-refractivity contribution in [3.05, 3.63) is 17.6 Å². The summed E-state index contributed by atoms with van der Waals surface area (Å²) < 4.78 is 7.12. The number of aryl methyl sites for hydroxylation is 1. The zero-order valence-electron chi connectivity index (χ0n) is 17.6. The van der Waals surface area contributed by atoms with Crippen LogP contribution in [0.5, 0.6) is 0 Å². The maximum Gasteiger partial charge on any atom is 0.310 e. The maximum atomic E-state index is 12.1. The van der Waals surface area contributed by atoms with E-state index in [-0.39, 0.29) is 11.9 Å². The van der Waals surface area contributed by atoms with Crippen molar-refractivity contribution in [2.75, 3.05) is 37.7 Å². The highest BCUT2D eigenvalue weighted by molar-refractivity contribution is 5.72. The minimum absolute atomic E-state index is 0.0474. The molecular weight excluding hydrogens is 368 g/mol. The number of ether oxygens (including phenoxy) is 1. The van der Waals surface area contributed by atoms with Crippen LogP contribution in [0.15, 0.2) is 6.07 Å². The zero-order valence-corrected chi connectivity index (χ0v) is 17.6. The molecule has 2 aromatic heterocycles. The number of piperidine rings is 1. The van der Waals surface area contributed by atoms with Crippen LogP contribution < -0.4 is 4.90 Å². The standard InChI is InChI=1S/C21H32N6O2/c1-3-29-20(28)17-9-8-10-25(14-17)15-18-23-21-22-16(2)13-19(27(21)24-18)26-11-6-4-5-7-12-26/h13,17H,3-12,14-15H2,1-2H3. The van der Waals surface area contributed by atoms with Crippen molar-refractivity contribution in [2.24, 2.45) is 5.92 Å². The van der Waals surface area contributed by atoms with Crippen molar-refractivity contribution < 1.29 is 9.53 Å². The van der Waals surface area contributed by atoms with Crippen molar-refractivity contribution >= 4 is 17.6 Å². The van der Waals surface area contributed by atoms with Gasteiger partial charge in [0.1, 0.15) is 5.82 Å². The third kappa shape index (κ3) is 4.69. The molecule has 0 bridgehead atoms. The fourth-order valence-electron chi connectivity index (χ4n) is 4.45. The molecule has 2 fully saturated rings. The van der Waals surface area contributed by atoms with Crippen LogP contribution >= 0.6 is 0 Å². The Bertz CT molecular complexity index is 843. The smallest absolute Gasteiger partial charge is 0.310 e. The number of rotatable bonds is 5. The molecule has 0 saturated carbocycles. The molecule has 158 valence electrons. The quantitative estimate of drug-likeness (QED) is 0.714. The van der Waals surface area contributed by atoms with Crippen LogP contribution in [0.2, 0.25) is 0 Å². The highest BCUT2D eigenvalue weighted by Gasteiger charge is 2.27. The molecule has 2 aliphatic heterocycles. The molecule has 0 aromatic carbocycles. The Kier molecular flexibility index (Phi) is 6.28. The summed E-state index contributed by atoms with van der Waals surface area (Å²) in [7, 11) is 0. The second-order valence-corrected chi connectivity index (χ2v) is 8.22. The van der Waals surface area contributed by atoms with E-state index < -0.39 is 0 Å². The van der Waals surface area contributed by atoms with E-state index in [0.29, 0.717) is 25.5 Å². The van der Waals surface area contributed by atoms with Gasteiger partial charge in [0, 0.05) is 31.4 Å². The van der Waals surface area contributed by atoms with Crippen molar-refractivity contribution in [1.29, 1.82) is 0 Å². The van der Waals surface area contributed by atoms with Gasteiger partial charge in [-0.15, -0.1) is 5.10 Å². The third-order valence-corrected chi connectivity index (χ3v) is 5.89. The molecule has 0 spiro atoms. The largest absolute Gasteiger partial charge is 0.466 e. The molecule has 2 saturated heterocycles. The molecule has 0 aliphatic carbocycles. The van der Waals surface area contributed by atoms with E-state index in [1.54, 1.807) is 0 Å². The minimum Gasteiger partial charge on any atom is -0.466 e. The predicted molar refractivity (Wildman–Crippen MR) is 111 cm³/mol. The number of anilines is 1. The van der Waals surface area contributed by atoms with E-state index in [4.69, 9.17) is 14.8 Å². The third-order valence-electron chi connectivity index (χ3n) is 5.89. The van der Waals surface area contributed by atoms with E-state index in [2.05, 4.69) is 20.9 Å². The summed E-state index contributed by atoms with van der Waals surface area (Å²) in [6.07, 6.45) is 6.91. The van der Waals surface area contributed by atoms with Gasteiger partial charge in [-0.25, -0.2) is 4.98 Å². The Morgan fingerprint density at radius 2 is 1.93 bits per heavy atom. The van der Waals surface area contributed by atoms with E-state index >= 15 is 0 Å². The molecule has 4 rings (SSSR count). The number of likely N-dealkylation sites (tertiary alicyclic amines) is 1. The molecule has 0 radical (unpaired) electrons.